The van der Waals surface area contributed by atoms with Crippen LogP contribution in [0.1, 0.15) is 19.2 Å². The number of methoxy groups -OCH3 is 2. The molecule has 102 valence electrons. The van der Waals surface area contributed by atoms with Crippen LogP contribution in [0, 0.1) is 0 Å². The van der Waals surface area contributed by atoms with Crippen LogP contribution in [0.2, 0.25) is 0 Å². The molecule has 0 radical (unpaired) electrons. The minimum Gasteiger partial charge on any atom is -0.382 e. The Hall–Kier alpha value is -0.720. The Morgan fingerprint density at radius 3 is 2.78 bits per heavy atom. The summed E-state index contributed by atoms with van der Waals surface area (Å²) < 4.78 is 11.1. The fourth-order valence-electron chi connectivity index (χ4n) is 1.51. The zero-order valence-corrected chi connectivity index (χ0v) is 12.7. The second-order valence-corrected chi connectivity index (χ2v) is 4.75. The molecule has 0 amide bonds. The third-order valence-electron chi connectivity index (χ3n) is 2.41. The van der Waals surface area contributed by atoms with Crippen molar-refractivity contribution in [1.82, 2.24) is 9.97 Å². The van der Waals surface area contributed by atoms with Crippen molar-refractivity contribution in [2.45, 2.75) is 25.9 Å². The number of aryl methyl sites for hydroxylation is 1. The van der Waals surface area contributed by atoms with Crippen LogP contribution in [0.15, 0.2) is 10.7 Å². The third kappa shape index (κ3) is 5.29. The van der Waals surface area contributed by atoms with Gasteiger partial charge in [0.25, 0.3) is 0 Å². The lowest BCUT2D eigenvalue weighted by molar-refractivity contribution is 0.0365. The van der Waals surface area contributed by atoms with E-state index in [2.05, 4.69) is 38.1 Å². The Labute approximate surface area is 116 Å². The van der Waals surface area contributed by atoms with Crippen molar-refractivity contribution in [3.05, 3.63) is 16.5 Å². The first kappa shape index (κ1) is 15.3. The Kier molecular flexibility index (Phi) is 7.15. The molecule has 1 heterocycles. The van der Waals surface area contributed by atoms with Crippen LogP contribution in [0.25, 0.3) is 0 Å². The summed E-state index contributed by atoms with van der Waals surface area (Å²) in [4.78, 5) is 8.76. The molecule has 0 saturated carbocycles. The smallest absolute Gasteiger partial charge is 0.132 e. The number of anilines is 1. The zero-order valence-electron chi connectivity index (χ0n) is 11.1. The highest BCUT2D eigenvalue weighted by Gasteiger charge is 2.08. The molecule has 18 heavy (non-hydrogen) atoms. The summed E-state index contributed by atoms with van der Waals surface area (Å²) in [6.45, 7) is 3.31. The topological polar surface area (TPSA) is 56.3 Å². The molecule has 1 aromatic rings. The summed E-state index contributed by atoms with van der Waals surface area (Å²) in [5.41, 5.74) is 0. The first-order valence-electron chi connectivity index (χ1n) is 5.98. The number of aromatic nitrogens is 2. The van der Waals surface area contributed by atoms with Gasteiger partial charge in [0.1, 0.15) is 16.2 Å². The van der Waals surface area contributed by atoms with E-state index < -0.39 is 0 Å². The van der Waals surface area contributed by atoms with Crippen LogP contribution in [0.5, 0.6) is 0 Å². The molecule has 6 heteroatoms. The second-order valence-electron chi connectivity index (χ2n) is 3.94. The Morgan fingerprint density at radius 1 is 1.39 bits per heavy atom. The summed E-state index contributed by atoms with van der Waals surface area (Å²) >= 11 is 3.39. The molecule has 0 bridgehead atoms. The number of nitrogens with one attached hydrogen (secondary N) is 1. The van der Waals surface area contributed by atoms with Gasteiger partial charge in [0.05, 0.1) is 12.7 Å². The van der Waals surface area contributed by atoms with Crippen molar-refractivity contribution in [3.63, 3.8) is 0 Å². The van der Waals surface area contributed by atoms with Crippen molar-refractivity contribution < 1.29 is 9.47 Å². The minimum absolute atomic E-state index is 0.0124. The van der Waals surface area contributed by atoms with E-state index in [0.717, 1.165) is 29.1 Å². The van der Waals surface area contributed by atoms with Gasteiger partial charge in [0, 0.05) is 33.3 Å². The van der Waals surface area contributed by atoms with Crippen molar-refractivity contribution in [2.24, 2.45) is 0 Å². The van der Waals surface area contributed by atoms with Crippen LogP contribution in [0.3, 0.4) is 0 Å². The van der Waals surface area contributed by atoms with E-state index in [-0.39, 0.29) is 6.10 Å². The molecular weight excluding hydrogens is 298 g/mol. The van der Waals surface area contributed by atoms with Gasteiger partial charge in [-0.05, 0) is 22.4 Å². The molecule has 1 atom stereocenters. The van der Waals surface area contributed by atoms with Gasteiger partial charge in [0.15, 0.2) is 0 Å². The molecule has 0 spiro atoms. The molecule has 0 saturated heterocycles. The average Bonchev–Trinajstić information content (AvgIpc) is 2.34. The van der Waals surface area contributed by atoms with E-state index in [1.54, 1.807) is 14.2 Å². The van der Waals surface area contributed by atoms with Crippen molar-refractivity contribution in [1.29, 1.82) is 0 Å². The van der Waals surface area contributed by atoms with E-state index in [4.69, 9.17) is 9.47 Å². The molecule has 1 rings (SSSR count). The first-order valence-corrected chi connectivity index (χ1v) is 6.78. The van der Waals surface area contributed by atoms with Gasteiger partial charge in [-0.1, -0.05) is 6.92 Å². The third-order valence-corrected chi connectivity index (χ3v) is 2.82. The Morgan fingerprint density at radius 2 is 2.17 bits per heavy atom. The van der Waals surface area contributed by atoms with Crippen LogP contribution in [0.4, 0.5) is 5.82 Å². The van der Waals surface area contributed by atoms with E-state index >= 15 is 0 Å². The lowest BCUT2D eigenvalue weighted by Gasteiger charge is -2.15. The number of rotatable bonds is 8. The van der Waals surface area contributed by atoms with Crippen LogP contribution >= 0.6 is 15.9 Å². The SMILES string of the molecule is CCCc1nc(Br)cc(NCC(COC)OC)n1. The average molecular weight is 318 g/mol. The summed E-state index contributed by atoms with van der Waals surface area (Å²) in [7, 11) is 3.33. The van der Waals surface area contributed by atoms with Gasteiger partial charge < -0.3 is 14.8 Å². The number of hydrogen-bond donors (Lipinski definition) is 1. The molecule has 5 nitrogen and oxygen atoms in total. The normalized spacial score (nSPS) is 12.4. The Balaban J connectivity index is 2.60. The number of ether oxygens (including phenoxy) is 2. The van der Waals surface area contributed by atoms with Crippen LogP contribution in [-0.2, 0) is 15.9 Å². The lowest BCUT2D eigenvalue weighted by Crippen LogP contribution is -2.27. The van der Waals surface area contributed by atoms with Crippen molar-refractivity contribution in [2.75, 3.05) is 32.7 Å². The number of halogens is 1. The molecule has 0 aliphatic heterocycles. The number of nitrogens with zero attached hydrogens (tertiary/aromatic N) is 2. The van der Waals surface area contributed by atoms with E-state index in [9.17, 15) is 0 Å². The molecule has 0 fully saturated rings. The largest absolute Gasteiger partial charge is 0.382 e. The van der Waals surface area contributed by atoms with Gasteiger partial charge in [0.2, 0.25) is 0 Å². The summed E-state index contributed by atoms with van der Waals surface area (Å²) in [6, 6.07) is 1.86. The molecule has 1 unspecified atom stereocenters. The summed E-state index contributed by atoms with van der Waals surface area (Å²) in [6.07, 6.45) is 1.92. The predicted octanol–water partition coefficient (Wildman–Crippen LogP) is 2.26. The zero-order chi connectivity index (χ0) is 13.4. The number of hydrogen-bond acceptors (Lipinski definition) is 5. The maximum absolute atomic E-state index is 5.28. The lowest BCUT2D eigenvalue weighted by atomic mass is 10.3. The van der Waals surface area contributed by atoms with E-state index in [1.807, 2.05) is 6.07 Å². The first-order chi connectivity index (χ1) is 8.69. The second kappa shape index (κ2) is 8.39. The molecule has 0 aliphatic carbocycles. The quantitative estimate of drug-likeness (QED) is 0.745. The maximum Gasteiger partial charge on any atom is 0.132 e. The minimum atomic E-state index is 0.0124. The highest BCUT2D eigenvalue weighted by atomic mass is 79.9. The highest BCUT2D eigenvalue weighted by Crippen LogP contribution is 2.13. The van der Waals surface area contributed by atoms with Crippen molar-refractivity contribution >= 4 is 21.7 Å². The van der Waals surface area contributed by atoms with Gasteiger partial charge in [-0.15, -0.1) is 0 Å². The predicted molar refractivity (Wildman–Crippen MR) is 74.9 cm³/mol. The standard InChI is InChI=1S/C12H20BrN3O2/c1-4-5-11-15-10(13)6-12(16-11)14-7-9(18-3)8-17-2/h6,9H,4-5,7-8H2,1-3H3,(H,14,15,16). The molecule has 1 aromatic heterocycles. The van der Waals surface area contributed by atoms with E-state index in [1.165, 1.54) is 0 Å². The fourth-order valence-corrected chi connectivity index (χ4v) is 1.93. The van der Waals surface area contributed by atoms with Gasteiger partial charge in [-0.3, -0.25) is 0 Å². The van der Waals surface area contributed by atoms with Crippen molar-refractivity contribution in [3.8, 4) is 0 Å². The van der Waals surface area contributed by atoms with E-state index in [0.29, 0.717) is 13.2 Å². The van der Waals surface area contributed by atoms with Crippen LogP contribution < -0.4 is 5.32 Å². The van der Waals surface area contributed by atoms with Gasteiger partial charge >= 0.3 is 0 Å². The van der Waals surface area contributed by atoms with Crippen LogP contribution in [-0.4, -0.2) is 43.4 Å². The highest BCUT2D eigenvalue weighted by molar-refractivity contribution is 9.10. The molecule has 1 N–H and O–H groups in total. The molecule has 0 aromatic carbocycles. The fraction of sp³-hybridized carbons (Fsp3) is 0.667. The van der Waals surface area contributed by atoms with Gasteiger partial charge in [-0.2, -0.15) is 0 Å². The van der Waals surface area contributed by atoms with Gasteiger partial charge in [-0.25, -0.2) is 9.97 Å². The molecule has 0 aliphatic rings. The maximum atomic E-state index is 5.28. The molecular formula is C12H20BrN3O2. The summed E-state index contributed by atoms with van der Waals surface area (Å²) in [5.74, 6) is 1.65. The monoisotopic (exact) mass is 317 g/mol. The Bertz CT molecular complexity index is 363. The summed E-state index contributed by atoms with van der Waals surface area (Å²) in [5, 5.41) is 3.23.